The molecule has 0 unspecified atom stereocenters. The normalized spacial score (nSPS) is 20.5. The van der Waals surface area contributed by atoms with Crippen LogP contribution in [0.3, 0.4) is 0 Å². The predicted octanol–water partition coefficient (Wildman–Crippen LogP) is 1.16. The van der Waals surface area contributed by atoms with Gasteiger partial charge in [-0.25, -0.2) is 0 Å². The summed E-state index contributed by atoms with van der Waals surface area (Å²) in [5, 5.41) is 3.16. The number of nitrogens with one attached hydrogen (secondary N) is 1. The third-order valence-electron chi connectivity index (χ3n) is 2.89. The fraction of sp³-hybridized carbons (Fsp3) is 1.00. The molecule has 62 valence electrons. The second-order valence-corrected chi connectivity index (χ2v) is 3.50. The van der Waals surface area contributed by atoms with E-state index in [1.54, 1.807) is 0 Å². The van der Waals surface area contributed by atoms with E-state index in [0.29, 0.717) is 11.9 Å². The summed E-state index contributed by atoms with van der Waals surface area (Å²) in [6.45, 7) is 3.27. The van der Waals surface area contributed by atoms with Crippen LogP contribution < -0.4 is 5.32 Å². The van der Waals surface area contributed by atoms with Gasteiger partial charge in [0.05, 0.1) is 0 Å². The van der Waals surface area contributed by atoms with E-state index in [9.17, 15) is 4.70 Å². The number of hydrogen-bond donors (Lipinski definition) is 1. The summed E-state index contributed by atoms with van der Waals surface area (Å²) in [5.41, 5.74) is 0.545. The van der Waals surface area contributed by atoms with Gasteiger partial charge in [-0.2, -0.15) is 0 Å². The Bertz CT molecular complexity index is 129. The zero-order chi connectivity index (χ0) is 8.16. The summed E-state index contributed by atoms with van der Waals surface area (Å²) in [6.07, 6.45) is 5.82. The Balaban J connectivity index is 2.16. The molecule has 0 saturated heterocycles. The Labute approximate surface area is 69.0 Å². The van der Waals surface area contributed by atoms with Gasteiger partial charge < -0.3 is 0 Å². The van der Waals surface area contributed by atoms with Crippen LogP contribution in [-0.4, -0.2) is 20.1 Å². The first kappa shape index (κ1) is 8.92. The van der Waals surface area contributed by atoms with E-state index < -0.39 is 0 Å². The zero-order valence-corrected chi connectivity index (χ0v) is 7.23. The molecule has 1 fully saturated rings. The Morgan fingerprint density at radius 1 is 1.55 bits per heavy atom. The fourth-order valence-electron chi connectivity index (χ4n) is 1.73. The average Bonchev–Trinajstić information content (AvgIpc) is 1.95. The Morgan fingerprint density at radius 2 is 2.27 bits per heavy atom. The maximum absolute atomic E-state index is 10.0. The van der Waals surface area contributed by atoms with Crippen molar-refractivity contribution in [3.8, 4) is 0 Å². The van der Waals surface area contributed by atoms with Crippen LogP contribution in [-0.2, 0) is 4.70 Å². The monoisotopic (exact) mass is 153 g/mol. The van der Waals surface area contributed by atoms with Crippen LogP contribution in [0.5, 0.6) is 0 Å². The van der Waals surface area contributed by atoms with Crippen molar-refractivity contribution in [3.63, 3.8) is 0 Å². The molecule has 0 aromatic carbocycles. The molecule has 1 saturated carbocycles. The molecule has 0 radical (unpaired) electrons. The molecule has 1 aliphatic rings. The van der Waals surface area contributed by atoms with E-state index in [1.807, 2.05) is 0 Å². The van der Waals surface area contributed by atoms with Gasteiger partial charge in [0.15, 0.2) is 0 Å². The molecule has 0 spiro atoms. The maximum atomic E-state index is 10.0. The van der Waals surface area contributed by atoms with Crippen LogP contribution in [0.15, 0.2) is 0 Å². The molecule has 0 aromatic heterocycles. The van der Waals surface area contributed by atoms with E-state index in [4.69, 9.17) is 0 Å². The molecule has 1 rings (SSSR count). The summed E-state index contributed by atoms with van der Waals surface area (Å²) >= 11 is 0. The topological polar surface area (TPSA) is 29.1 Å². The van der Waals surface area contributed by atoms with Gasteiger partial charge in [-0.05, 0) is 0 Å². The van der Waals surface area contributed by atoms with Gasteiger partial charge >= 0.3 is 68.2 Å². The number of rotatable bonds is 5. The van der Waals surface area contributed by atoms with Crippen molar-refractivity contribution in [2.24, 2.45) is 5.41 Å². The number of hydrogen-bond acceptors (Lipinski definition) is 2. The second kappa shape index (κ2) is 4.00. The quantitative estimate of drug-likeness (QED) is 0.474. The summed E-state index contributed by atoms with van der Waals surface area (Å²) < 4.78 is 10.0. The van der Waals surface area contributed by atoms with Crippen LogP contribution in [0.1, 0.15) is 32.6 Å². The van der Waals surface area contributed by atoms with Gasteiger partial charge in [-0.3, -0.25) is 0 Å². The molecule has 0 heterocycles. The third kappa shape index (κ3) is 2.13. The molecule has 0 amide bonds. The molecule has 1 N–H and O–H groups in total. The molecule has 1 aliphatic carbocycles. The Kier molecular flexibility index (Phi) is 3.25. The van der Waals surface area contributed by atoms with Gasteiger partial charge in [-0.15, -0.1) is 0 Å². The molecule has 0 atom stereocenters. The zero-order valence-electron chi connectivity index (χ0n) is 7.23. The van der Waals surface area contributed by atoms with Crippen molar-refractivity contribution < 1.29 is 4.70 Å². The average molecular weight is 153 g/mol. The Morgan fingerprint density at radius 3 is 2.64 bits per heavy atom. The molecule has 0 aromatic rings. The van der Waals surface area contributed by atoms with Crippen molar-refractivity contribution >= 4 is 7.15 Å². The van der Waals surface area contributed by atoms with Gasteiger partial charge in [0.1, 0.15) is 0 Å². The van der Waals surface area contributed by atoms with E-state index in [2.05, 4.69) is 12.2 Å². The van der Waals surface area contributed by atoms with Crippen molar-refractivity contribution in [1.29, 1.82) is 0 Å². The molecule has 3 heteroatoms. The molecule has 11 heavy (non-hydrogen) atoms. The first-order valence-electron chi connectivity index (χ1n) is 4.47. The van der Waals surface area contributed by atoms with E-state index >= 15 is 0 Å². The minimum atomic E-state index is 0.516. The standard InChI is InChI=1S/C8H16BNO/c1-2-8(4-3-5-8)6-10-7-9-11/h10H,2-7H2,1H3. The van der Waals surface area contributed by atoms with Crippen LogP contribution in [0, 0.1) is 5.41 Å². The molecular weight excluding hydrogens is 137 g/mol. The summed E-state index contributed by atoms with van der Waals surface area (Å²) in [7, 11) is 0.933. The van der Waals surface area contributed by atoms with E-state index in [1.165, 1.54) is 25.7 Å². The van der Waals surface area contributed by atoms with E-state index in [-0.39, 0.29) is 0 Å². The van der Waals surface area contributed by atoms with Gasteiger partial charge in [0, 0.05) is 0 Å². The van der Waals surface area contributed by atoms with Crippen LogP contribution in [0.25, 0.3) is 0 Å². The predicted molar refractivity (Wildman–Crippen MR) is 45.9 cm³/mol. The van der Waals surface area contributed by atoms with E-state index in [0.717, 1.165) is 13.7 Å². The SMILES string of the molecule is CCC1(CNCB=O)CCC1. The van der Waals surface area contributed by atoms with Crippen molar-refractivity contribution in [2.75, 3.05) is 13.0 Å². The van der Waals surface area contributed by atoms with Gasteiger partial charge in [0.2, 0.25) is 0 Å². The minimum absolute atomic E-state index is 0.516. The van der Waals surface area contributed by atoms with Crippen molar-refractivity contribution in [2.45, 2.75) is 32.6 Å². The first-order valence-corrected chi connectivity index (χ1v) is 4.47. The van der Waals surface area contributed by atoms with Gasteiger partial charge in [-0.1, -0.05) is 0 Å². The first-order chi connectivity index (χ1) is 5.33. The molecule has 0 aliphatic heterocycles. The van der Waals surface area contributed by atoms with Crippen LogP contribution in [0.2, 0.25) is 0 Å². The van der Waals surface area contributed by atoms with Gasteiger partial charge in [0.25, 0.3) is 0 Å². The molecular formula is C8H16BNO. The third-order valence-corrected chi connectivity index (χ3v) is 2.89. The summed E-state index contributed by atoms with van der Waals surface area (Å²) in [4.78, 5) is 0. The van der Waals surface area contributed by atoms with Crippen molar-refractivity contribution in [3.05, 3.63) is 0 Å². The fourth-order valence-corrected chi connectivity index (χ4v) is 1.73. The Hall–Kier alpha value is -0.175. The molecule has 0 bridgehead atoms. The summed E-state index contributed by atoms with van der Waals surface area (Å²) in [5.74, 6) is 0. The summed E-state index contributed by atoms with van der Waals surface area (Å²) in [6, 6.07) is 0. The van der Waals surface area contributed by atoms with Crippen molar-refractivity contribution in [1.82, 2.24) is 5.32 Å². The molecule has 2 nitrogen and oxygen atoms in total. The second-order valence-electron chi connectivity index (χ2n) is 3.50. The van der Waals surface area contributed by atoms with Crippen LogP contribution >= 0.6 is 0 Å². The van der Waals surface area contributed by atoms with Crippen LogP contribution in [0.4, 0.5) is 0 Å².